The van der Waals surface area contributed by atoms with E-state index in [2.05, 4.69) is 10.2 Å². The molecule has 1 N–H and O–H groups in total. The molecular weight excluding hydrogens is 440 g/mol. The summed E-state index contributed by atoms with van der Waals surface area (Å²) in [6, 6.07) is 8.43. The average Bonchev–Trinajstić information content (AvgIpc) is 2.86. The van der Waals surface area contributed by atoms with Crippen LogP contribution in [0.25, 0.3) is 0 Å². The van der Waals surface area contributed by atoms with Gasteiger partial charge in [-0.3, -0.25) is 4.79 Å². The van der Waals surface area contributed by atoms with Gasteiger partial charge in [0.15, 0.2) is 11.5 Å². The van der Waals surface area contributed by atoms with E-state index in [1.54, 1.807) is 24.3 Å². The first-order chi connectivity index (χ1) is 16.5. The molecule has 0 aromatic heterocycles. The van der Waals surface area contributed by atoms with E-state index in [0.29, 0.717) is 80.2 Å². The number of hydrogen-bond donors (Lipinski definition) is 1. The molecule has 1 aliphatic rings. The van der Waals surface area contributed by atoms with E-state index >= 15 is 0 Å². The third-order valence-electron chi connectivity index (χ3n) is 5.18. The number of nitrogens with zero attached hydrogens (tertiary/aromatic N) is 1. The standard InChI is InChI=1S/C25H32N2O7/c1-5-32-21-14-17(15-22(33-6-2)23(21)34-7-3)24(28)26-18-8-9-20(19(16-18)25(29)30-4)27-10-12-31-13-11-27/h8-9,14-16H,5-7,10-13H2,1-4H3,(H,26,28). The summed E-state index contributed by atoms with van der Waals surface area (Å²) < 4.78 is 27.5. The van der Waals surface area contributed by atoms with Crippen molar-refractivity contribution in [1.29, 1.82) is 0 Å². The highest BCUT2D eigenvalue weighted by molar-refractivity contribution is 6.06. The molecule has 9 heteroatoms. The van der Waals surface area contributed by atoms with Crippen molar-refractivity contribution < 1.29 is 33.3 Å². The van der Waals surface area contributed by atoms with Gasteiger partial charge < -0.3 is 33.9 Å². The van der Waals surface area contributed by atoms with Gasteiger partial charge in [-0.2, -0.15) is 0 Å². The number of anilines is 2. The van der Waals surface area contributed by atoms with E-state index in [1.165, 1.54) is 7.11 Å². The minimum Gasteiger partial charge on any atom is -0.490 e. The topological polar surface area (TPSA) is 95.6 Å². The van der Waals surface area contributed by atoms with E-state index in [9.17, 15) is 9.59 Å². The molecule has 0 aliphatic carbocycles. The summed E-state index contributed by atoms with van der Waals surface area (Å²) >= 11 is 0. The summed E-state index contributed by atoms with van der Waals surface area (Å²) in [6.07, 6.45) is 0. The highest BCUT2D eigenvalue weighted by Crippen LogP contribution is 2.39. The molecule has 1 heterocycles. The zero-order valence-electron chi connectivity index (χ0n) is 20.1. The highest BCUT2D eigenvalue weighted by Gasteiger charge is 2.22. The second-order valence-corrected chi connectivity index (χ2v) is 7.38. The Hall–Kier alpha value is -3.46. The van der Waals surface area contributed by atoms with Crippen LogP contribution in [-0.2, 0) is 9.47 Å². The smallest absolute Gasteiger partial charge is 0.340 e. The Kier molecular flexibility index (Phi) is 8.98. The number of amides is 1. The largest absolute Gasteiger partial charge is 0.490 e. The predicted molar refractivity (Wildman–Crippen MR) is 129 cm³/mol. The SMILES string of the molecule is CCOc1cc(C(=O)Nc2ccc(N3CCOCC3)c(C(=O)OC)c2)cc(OCC)c1OCC. The molecule has 0 saturated carbocycles. The van der Waals surface area contributed by atoms with Gasteiger partial charge in [-0.15, -0.1) is 0 Å². The van der Waals surface area contributed by atoms with Crippen molar-refractivity contribution in [3.63, 3.8) is 0 Å². The molecule has 3 rings (SSSR count). The third-order valence-corrected chi connectivity index (χ3v) is 5.18. The maximum Gasteiger partial charge on any atom is 0.340 e. The van der Waals surface area contributed by atoms with Crippen LogP contribution in [0.4, 0.5) is 11.4 Å². The van der Waals surface area contributed by atoms with Crippen molar-refractivity contribution in [2.75, 3.05) is 63.5 Å². The first kappa shape index (κ1) is 25.2. The molecule has 0 spiro atoms. The summed E-state index contributed by atoms with van der Waals surface area (Å²) in [6.45, 7) is 9.32. The second kappa shape index (κ2) is 12.1. The third kappa shape index (κ3) is 5.91. The number of methoxy groups -OCH3 is 1. The fourth-order valence-corrected chi connectivity index (χ4v) is 3.69. The van der Waals surface area contributed by atoms with E-state index < -0.39 is 5.97 Å². The molecule has 1 saturated heterocycles. The fourth-order valence-electron chi connectivity index (χ4n) is 3.69. The molecule has 184 valence electrons. The Morgan fingerprint density at radius 3 is 2.12 bits per heavy atom. The molecule has 0 atom stereocenters. The van der Waals surface area contributed by atoms with Crippen molar-refractivity contribution in [2.45, 2.75) is 20.8 Å². The molecule has 1 amide bonds. The zero-order chi connectivity index (χ0) is 24.5. The van der Waals surface area contributed by atoms with E-state index in [-0.39, 0.29) is 5.91 Å². The van der Waals surface area contributed by atoms with Crippen LogP contribution in [-0.4, -0.2) is 65.1 Å². The first-order valence-corrected chi connectivity index (χ1v) is 11.4. The number of esters is 1. The van der Waals surface area contributed by atoms with Crippen molar-refractivity contribution in [1.82, 2.24) is 0 Å². The predicted octanol–water partition coefficient (Wildman–Crippen LogP) is 3.76. The second-order valence-electron chi connectivity index (χ2n) is 7.38. The normalized spacial score (nSPS) is 13.2. The number of benzene rings is 2. The van der Waals surface area contributed by atoms with E-state index in [4.69, 9.17) is 23.7 Å². The van der Waals surface area contributed by atoms with E-state index in [0.717, 1.165) is 5.69 Å². The molecule has 1 aliphatic heterocycles. The number of ether oxygens (including phenoxy) is 5. The summed E-state index contributed by atoms with van der Waals surface area (Å²) in [4.78, 5) is 27.7. The molecule has 0 radical (unpaired) electrons. The van der Waals surface area contributed by atoms with Crippen LogP contribution in [0.2, 0.25) is 0 Å². The molecule has 9 nitrogen and oxygen atoms in total. The summed E-state index contributed by atoms with van der Waals surface area (Å²) in [5, 5.41) is 2.86. The Morgan fingerprint density at radius 1 is 0.941 bits per heavy atom. The maximum absolute atomic E-state index is 13.1. The van der Waals surface area contributed by atoms with Crippen LogP contribution in [0.5, 0.6) is 17.2 Å². The van der Waals surface area contributed by atoms with Gasteiger partial charge in [0.2, 0.25) is 5.75 Å². The molecule has 2 aromatic rings. The average molecular weight is 473 g/mol. The first-order valence-electron chi connectivity index (χ1n) is 11.4. The number of morpholine rings is 1. The van der Waals surface area contributed by atoms with E-state index in [1.807, 2.05) is 26.8 Å². The summed E-state index contributed by atoms with van der Waals surface area (Å²) in [5.74, 6) is 0.470. The molecular formula is C25H32N2O7. The lowest BCUT2D eigenvalue weighted by Gasteiger charge is -2.30. The van der Waals surface area contributed by atoms with Crippen molar-refractivity contribution in [3.05, 3.63) is 41.5 Å². The molecule has 34 heavy (non-hydrogen) atoms. The Labute approximate surface area is 199 Å². The van der Waals surface area contributed by atoms with Crippen LogP contribution >= 0.6 is 0 Å². The number of rotatable bonds is 10. The van der Waals surface area contributed by atoms with Crippen LogP contribution in [0.15, 0.2) is 30.3 Å². The lowest BCUT2D eigenvalue weighted by molar-refractivity contribution is 0.0600. The van der Waals surface area contributed by atoms with Crippen LogP contribution in [0.1, 0.15) is 41.5 Å². The Balaban J connectivity index is 1.91. The molecule has 2 aromatic carbocycles. The Morgan fingerprint density at radius 2 is 1.56 bits per heavy atom. The Bertz CT molecular complexity index is 976. The van der Waals surface area contributed by atoms with Crippen LogP contribution in [0, 0.1) is 0 Å². The van der Waals surface area contributed by atoms with Gasteiger partial charge in [0, 0.05) is 24.3 Å². The van der Waals surface area contributed by atoms with Crippen LogP contribution < -0.4 is 24.4 Å². The van der Waals surface area contributed by atoms with Gasteiger partial charge >= 0.3 is 5.97 Å². The number of carbonyl (C=O) groups excluding carboxylic acids is 2. The van der Waals surface area contributed by atoms with Gasteiger partial charge in [0.05, 0.1) is 51.4 Å². The van der Waals surface area contributed by atoms with Gasteiger partial charge in [-0.1, -0.05) is 0 Å². The monoisotopic (exact) mass is 472 g/mol. The minimum atomic E-state index is -0.476. The molecule has 0 bridgehead atoms. The number of carbonyl (C=O) groups is 2. The highest BCUT2D eigenvalue weighted by atomic mass is 16.5. The van der Waals surface area contributed by atoms with Crippen molar-refractivity contribution >= 4 is 23.3 Å². The fraction of sp³-hybridized carbons (Fsp3) is 0.440. The zero-order valence-corrected chi connectivity index (χ0v) is 20.1. The maximum atomic E-state index is 13.1. The summed E-state index contributed by atoms with van der Waals surface area (Å²) in [7, 11) is 1.33. The van der Waals surface area contributed by atoms with Gasteiger partial charge in [-0.05, 0) is 51.1 Å². The molecule has 1 fully saturated rings. The minimum absolute atomic E-state index is 0.340. The van der Waals surface area contributed by atoms with Gasteiger partial charge in [0.25, 0.3) is 5.91 Å². The number of nitrogens with one attached hydrogen (secondary N) is 1. The van der Waals surface area contributed by atoms with Crippen molar-refractivity contribution in [3.8, 4) is 17.2 Å². The lowest BCUT2D eigenvalue weighted by Crippen LogP contribution is -2.37. The molecule has 0 unspecified atom stereocenters. The summed E-state index contributed by atoms with van der Waals surface area (Å²) in [5.41, 5.74) is 1.92. The van der Waals surface area contributed by atoms with Crippen molar-refractivity contribution in [2.24, 2.45) is 0 Å². The van der Waals surface area contributed by atoms with Gasteiger partial charge in [-0.25, -0.2) is 4.79 Å². The van der Waals surface area contributed by atoms with Crippen LogP contribution in [0.3, 0.4) is 0 Å². The lowest BCUT2D eigenvalue weighted by atomic mass is 10.1. The quantitative estimate of drug-likeness (QED) is 0.523. The van der Waals surface area contributed by atoms with Gasteiger partial charge in [0.1, 0.15) is 0 Å². The number of hydrogen-bond acceptors (Lipinski definition) is 8.